The van der Waals surface area contributed by atoms with Crippen molar-refractivity contribution in [3.63, 3.8) is 0 Å². The van der Waals surface area contributed by atoms with E-state index >= 15 is 0 Å². The number of nitrogens with one attached hydrogen (secondary N) is 1. The van der Waals surface area contributed by atoms with E-state index in [4.69, 9.17) is 4.74 Å². The molecule has 2 rings (SSSR count). The number of rotatable bonds is 4. The minimum Gasteiger partial charge on any atom is -0.379 e. The summed E-state index contributed by atoms with van der Waals surface area (Å²) >= 11 is 1.56. The molecule has 0 aromatic heterocycles. The SMILES string of the molecule is CNC(C)c1ccc(SC2COC2)c(F)c1. The van der Waals surface area contributed by atoms with Crippen LogP contribution in [-0.4, -0.2) is 25.5 Å². The van der Waals surface area contributed by atoms with Gasteiger partial charge in [-0.2, -0.15) is 0 Å². The van der Waals surface area contributed by atoms with Gasteiger partial charge in [-0.1, -0.05) is 6.07 Å². The van der Waals surface area contributed by atoms with Gasteiger partial charge in [-0.05, 0) is 31.7 Å². The van der Waals surface area contributed by atoms with Gasteiger partial charge in [0.05, 0.1) is 18.5 Å². The van der Waals surface area contributed by atoms with E-state index in [-0.39, 0.29) is 11.9 Å². The first-order chi connectivity index (χ1) is 7.70. The molecule has 1 heterocycles. The summed E-state index contributed by atoms with van der Waals surface area (Å²) in [6, 6.07) is 5.64. The van der Waals surface area contributed by atoms with E-state index < -0.39 is 0 Å². The van der Waals surface area contributed by atoms with Gasteiger partial charge < -0.3 is 10.1 Å². The van der Waals surface area contributed by atoms with Crippen molar-refractivity contribution < 1.29 is 9.13 Å². The van der Waals surface area contributed by atoms with Crippen LogP contribution in [0.2, 0.25) is 0 Å². The van der Waals surface area contributed by atoms with Crippen molar-refractivity contribution >= 4 is 11.8 Å². The van der Waals surface area contributed by atoms with E-state index in [1.165, 1.54) is 0 Å². The Bertz CT molecular complexity index is 368. The van der Waals surface area contributed by atoms with E-state index in [0.717, 1.165) is 23.7 Å². The van der Waals surface area contributed by atoms with Crippen LogP contribution >= 0.6 is 11.8 Å². The van der Waals surface area contributed by atoms with E-state index in [9.17, 15) is 4.39 Å². The van der Waals surface area contributed by atoms with Crippen LogP contribution in [0.25, 0.3) is 0 Å². The Hall–Kier alpha value is -0.580. The number of halogens is 1. The number of hydrogen-bond donors (Lipinski definition) is 1. The van der Waals surface area contributed by atoms with Crippen molar-refractivity contribution in [2.45, 2.75) is 23.1 Å². The Morgan fingerprint density at radius 3 is 2.75 bits per heavy atom. The van der Waals surface area contributed by atoms with Gasteiger partial charge in [-0.25, -0.2) is 4.39 Å². The molecule has 1 aliphatic rings. The Morgan fingerprint density at radius 1 is 1.50 bits per heavy atom. The molecule has 1 aromatic carbocycles. The average molecular weight is 241 g/mol. The number of thioether (sulfide) groups is 1. The molecule has 16 heavy (non-hydrogen) atoms. The molecule has 1 N–H and O–H groups in total. The molecular weight excluding hydrogens is 225 g/mol. The summed E-state index contributed by atoms with van der Waals surface area (Å²) in [7, 11) is 1.87. The van der Waals surface area contributed by atoms with Gasteiger partial charge in [-0.15, -0.1) is 11.8 Å². The maximum Gasteiger partial charge on any atom is 0.137 e. The second kappa shape index (κ2) is 5.17. The highest BCUT2D eigenvalue weighted by molar-refractivity contribution is 8.00. The van der Waals surface area contributed by atoms with Gasteiger partial charge in [-0.3, -0.25) is 0 Å². The Balaban J connectivity index is 2.09. The molecule has 0 saturated carbocycles. The zero-order chi connectivity index (χ0) is 11.5. The number of hydrogen-bond acceptors (Lipinski definition) is 3. The Labute approximate surface area is 99.6 Å². The summed E-state index contributed by atoms with van der Waals surface area (Å²) in [4.78, 5) is 0.723. The van der Waals surface area contributed by atoms with Crippen LogP contribution in [0.4, 0.5) is 4.39 Å². The van der Waals surface area contributed by atoms with Crippen molar-refractivity contribution in [3.8, 4) is 0 Å². The molecule has 0 radical (unpaired) electrons. The molecule has 88 valence electrons. The Morgan fingerprint density at radius 2 is 2.25 bits per heavy atom. The van der Waals surface area contributed by atoms with Gasteiger partial charge >= 0.3 is 0 Å². The maximum absolute atomic E-state index is 13.8. The third-order valence-corrected chi connectivity index (χ3v) is 3.98. The van der Waals surface area contributed by atoms with Crippen molar-refractivity contribution in [2.24, 2.45) is 0 Å². The van der Waals surface area contributed by atoms with Gasteiger partial charge in [0.15, 0.2) is 0 Å². The number of benzene rings is 1. The van der Waals surface area contributed by atoms with Crippen molar-refractivity contribution in [1.29, 1.82) is 0 Å². The lowest BCUT2D eigenvalue weighted by Crippen LogP contribution is -2.30. The molecule has 1 fully saturated rings. The fourth-order valence-corrected chi connectivity index (χ4v) is 2.52. The lowest BCUT2D eigenvalue weighted by atomic mass is 10.1. The lowest BCUT2D eigenvalue weighted by Gasteiger charge is -2.25. The first-order valence-corrected chi connectivity index (χ1v) is 6.30. The fourth-order valence-electron chi connectivity index (χ4n) is 1.51. The summed E-state index contributed by atoms with van der Waals surface area (Å²) in [5.41, 5.74) is 0.981. The summed E-state index contributed by atoms with van der Waals surface area (Å²) in [6.45, 7) is 3.49. The molecule has 0 amide bonds. The van der Waals surface area contributed by atoms with E-state index in [1.54, 1.807) is 17.8 Å². The molecule has 0 bridgehead atoms. The van der Waals surface area contributed by atoms with Crippen molar-refractivity contribution in [3.05, 3.63) is 29.6 Å². The summed E-state index contributed by atoms with van der Waals surface area (Å²) in [5, 5.41) is 3.52. The molecule has 4 heteroatoms. The molecule has 1 saturated heterocycles. The molecule has 1 aromatic rings. The highest BCUT2D eigenvalue weighted by atomic mass is 32.2. The molecule has 1 atom stereocenters. The second-order valence-corrected chi connectivity index (χ2v) is 5.32. The second-order valence-electron chi connectivity index (χ2n) is 3.98. The molecular formula is C12H16FNOS. The lowest BCUT2D eigenvalue weighted by molar-refractivity contribution is 0.0455. The van der Waals surface area contributed by atoms with Crippen LogP contribution in [0, 0.1) is 5.82 Å². The van der Waals surface area contributed by atoms with Crippen LogP contribution in [0.15, 0.2) is 23.1 Å². The summed E-state index contributed by atoms with van der Waals surface area (Å²) in [5.74, 6) is -0.128. The van der Waals surface area contributed by atoms with E-state index in [0.29, 0.717) is 5.25 Å². The molecule has 2 nitrogen and oxygen atoms in total. The van der Waals surface area contributed by atoms with Gasteiger partial charge in [0.2, 0.25) is 0 Å². The predicted octanol–water partition coefficient (Wildman–Crippen LogP) is 2.60. The minimum atomic E-state index is -0.128. The number of ether oxygens (including phenoxy) is 1. The van der Waals surface area contributed by atoms with Crippen LogP contribution in [0.1, 0.15) is 18.5 Å². The smallest absolute Gasteiger partial charge is 0.137 e. The first kappa shape index (κ1) is 11.9. The minimum absolute atomic E-state index is 0.128. The molecule has 0 spiro atoms. The maximum atomic E-state index is 13.8. The predicted molar refractivity (Wildman–Crippen MR) is 64.3 cm³/mol. The highest BCUT2D eigenvalue weighted by Crippen LogP contribution is 2.31. The summed E-state index contributed by atoms with van der Waals surface area (Å²) in [6.07, 6.45) is 0. The third kappa shape index (κ3) is 2.56. The topological polar surface area (TPSA) is 21.3 Å². The molecule has 1 unspecified atom stereocenters. The molecule has 0 aliphatic carbocycles. The van der Waals surface area contributed by atoms with Crippen LogP contribution in [0.5, 0.6) is 0 Å². The average Bonchev–Trinajstić information content (AvgIpc) is 2.23. The van der Waals surface area contributed by atoms with Crippen LogP contribution < -0.4 is 5.32 Å². The zero-order valence-corrected chi connectivity index (χ0v) is 10.3. The van der Waals surface area contributed by atoms with E-state index in [1.807, 2.05) is 26.1 Å². The third-order valence-electron chi connectivity index (χ3n) is 2.79. The largest absolute Gasteiger partial charge is 0.379 e. The van der Waals surface area contributed by atoms with Crippen LogP contribution in [-0.2, 0) is 4.74 Å². The zero-order valence-electron chi connectivity index (χ0n) is 9.50. The van der Waals surface area contributed by atoms with Crippen LogP contribution in [0.3, 0.4) is 0 Å². The highest BCUT2D eigenvalue weighted by Gasteiger charge is 2.21. The standard InChI is InChI=1S/C12H16FNOS/c1-8(14-2)9-3-4-12(11(13)5-9)16-10-6-15-7-10/h3-5,8,10,14H,6-7H2,1-2H3. The fraction of sp³-hybridized carbons (Fsp3) is 0.500. The summed E-state index contributed by atoms with van der Waals surface area (Å²) < 4.78 is 18.9. The van der Waals surface area contributed by atoms with Gasteiger partial charge in [0.1, 0.15) is 5.82 Å². The normalized spacial score (nSPS) is 18.2. The van der Waals surface area contributed by atoms with E-state index in [2.05, 4.69) is 5.32 Å². The quantitative estimate of drug-likeness (QED) is 0.875. The molecule has 1 aliphatic heterocycles. The Kier molecular flexibility index (Phi) is 3.84. The van der Waals surface area contributed by atoms with Gasteiger partial charge in [0.25, 0.3) is 0 Å². The van der Waals surface area contributed by atoms with Gasteiger partial charge in [0, 0.05) is 10.9 Å². The van der Waals surface area contributed by atoms with Crippen molar-refractivity contribution in [2.75, 3.05) is 20.3 Å². The first-order valence-electron chi connectivity index (χ1n) is 5.42. The van der Waals surface area contributed by atoms with Crippen molar-refractivity contribution in [1.82, 2.24) is 5.32 Å². The monoisotopic (exact) mass is 241 g/mol.